The third kappa shape index (κ3) is 1.56. The first kappa shape index (κ1) is 9.09. The van der Waals surface area contributed by atoms with Crippen LogP contribution >= 0.6 is 0 Å². The van der Waals surface area contributed by atoms with E-state index < -0.39 is 0 Å². The van der Waals surface area contributed by atoms with Crippen molar-refractivity contribution in [1.29, 1.82) is 0 Å². The molecule has 0 spiro atoms. The molecule has 0 aliphatic heterocycles. The van der Waals surface area contributed by atoms with Gasteiger partial charge in [-0.1, -0.05) is 6.07 Å². The number of rotatable bonds is 2. The molecule has 0 unspecified atom stereocenters. The minimum atomic E-state index is 0.868. The van der Waals surface area contributed by atoms with E-state index in [2.05, 4.69) is 27.2 Å². The van der Waals surface area contributed by atoms with E-state index in [9.17, 15) is 0 Å². The van der Waals surface area contributed by atoms with Crippen LogP contribution < -0.4 is 0 Å². The van der Waals surface area contributed by atoms with E-state index in [-0.39, 0.29) is 0 Å². The second-order valence-electron chi connectivity index (χ2n) is 3.69. The fourth-order valence-electron chi connectivity index (χ4n) is 1.83. The Hall–Kier alpha value is -2.16. The van der Waals surface area contributed by atoms with Gasteiger partial charge in [-0.05, 0) is 29.3 Å². The first-order valence-corrected chi connectivity index (χ1v) is 5.15. The van der Waals surface area contributed by atoms with Crippen molar-refractivity contribution in [2.45, 2.75) is 6.42 Å². The predicted octanol–water partition coefficient (Wildman–Crippen LogP) is 2.35. The number of nitrogens with one attached hydrogen (secondary N) is 1. The maximum Gasteiger partial charge on any atom is 0.137 e. The van der Waals surface area contributed by atoms with Crippen LogP contribution in [0.4, 0.5) is 0 Å². The maximum absolute atomic E-state index is 4.27. The molecule has 0 fully saturated rings. The number of pyridine rings is 2. The smallest absolute Gasteiger partial charge is 0.137 e. The Labute approximate surface area is 93.2 Å². The van der Waals surface area contributed by atoms with Gasteiger partial charge in [0, 0.05) is 30.4 Å². The van der Waals surface area contributed by atoms with E-state index in [1.165, 1.54) is 16.5 Å². The van der Waals surface area contributed by atoms with Crippen molar-refractivity contribution >= 4 is 11.0 Å². The number of nitrogens with zero attached hydrogens (tertiary/aromatic N) is 2. The zero-order valence-electron chi connectivity index (χ0n) is 8.64. The van der Waals surface area contributed by atoms with Crippen LogP contribution in [0.5, 0.6) is 0 Å². The number of aromatic amines is 1. The molecule has 3 heterocycles. The lowest BCUT2D eigenvalue weighted by atomic mass is 10.1. The van der Waals surface area contributed by atoms with Gasteiger partial charge in [0.05, 0.1) is 6.20 Å². The lowest BCUT2D eigenvalue weighted by molar-refractivity contribution is 1.15. The largest absolute Gasteiger partial charge is 0.346 e. The topological polar surface area (TPSA) is 41.6 Å². The van der Waals surface area contributed by atoms with Crippen LogP contribution in [0.1, 0.15) is 11.1 Å². The Kier molecular flexibility index (Phi) is 2.14. The molecule has 3 nitrogen and oxygen atoms in total. The predicted molar refractivity (Wildman–Crippen MR) is 62.0 cm³/mol. The van der Waals surface area contributed by atoms with Gasteiger partial charge in [0.1, 0.15) is 5.65 Å². The number of fused-ring (bicyclic) bond motifs is 1. The van der Waals surface area contributed by atoms with Gasteiger partial charge < -0.3 is 4.98 Å². The highest BCUT2D eigenvalue weighted by molar-refractivity contribution is 5.79. The summed E-state index contributed by atoms with van der Waals surface area (Å²) in [5.41, 5.74) is 3.37. The molecule has 0 aromatic carbocycles. The molecular weight excluding hydrogens is 198 g/mol. The van der Waals surface area contributed by atoms with Crippen LogP contribution in [0, 0.1) is 6.20 Å². The Bertz CT molecular complexity index is 599. The highest BCUT2D eigenvalue weighted by atomic mass is 14.8. The Balaban J connectivity index is 2.01. The van der Waals surface area contributed by atoms with Crippen molar-refractivity contribution in [2.24, 2.45) is 0 Å². The summed E-state index contributed by atoms with van der Waals surface area (Å²) >= 11 is 0. The highest BCUT2D eigenvalue weighted by Crippen LogP contribution is 2.18. The van der Waals surface area contributed by atoms with Crippen LogP contribution in [-0.4, -0.2) is 15.0 Å². The van der Waals surface area contributed by atoms with E-state index in [1.807, 2.05) is 30.6 Å². The molecule has 0 saturated carbocycles. The lowest BCUT2D eigenvalue weighted by Gasteiger charge is -1.98. The molecule has 1 radical (unpaired) electrons. The molecule has 0 bridgehead atoms. The highest BCUT2D eigenvalue weighted by Gasteiger charge is 2.04. The molecule has 3 heteroatoms. The van der Waals surface area contributed by atoms with Gasteiger partial charge in [0.2, 0.25) is 0 Å². The SMILES string of the molecule is [c]1ccc(Cc2c[nH]c3ncccc23)cn1. The van der Waals surface area contributed by atoms with Gasteiger partial charge in [0.15, 0.2) is 0 Å². The number of hydrogen-bond donors (Lipinski definition) is 1. The molecule has 16 heavy (non-hydrogen) atoms. The minimum Gasteiger partial charge on any atom is -0.346 e. The van der Waals surface area contributed by atoms with Gasteiger partial charge in [0.25, 0.3) is 0 Å². The fourth-order valence-corrected chi connectivity index (χ4v) is 1.83. The molecule has 3 aromatic rings. The maximum atomic E-state index is 4.27. The molecule has 0 aliphatic carbocycles. The van der Waals surface area contributed by atoms with Crippen LogP contribution in [0.2, 0.25) is 0 Å². The molecule has 0 aliphatic rings. The van der Waals surface area contributed by atoms with Crippen molar-refractivity contribution in [2.75, 3.05) is 0 Å². The first-order valence-electron chi connectivity index (χ1n) is 5.15. The van der Waals surface area contributed by atoms with Gasteiger partial charge in [-0.15, -0.1) is 0 Å². The van der Waals surface area contributed by atoms with E-state index in [4.69, 9.17) is 0 Å². The summed E-state index contributed by atoms with van der Waals surface area (Å²) in [6.07, 6.45) is 9.29. The third-order valence-corrected chi connectivity index (χ3v) is 2.61. The molecule has 0 atom stereocenters. The van der Waals surface area contributed by atoms with Gasteiger partial charge in [-0.25, -0.2) is 4.98 Å². The summed E-state index contributed by atoms with van der Waals surface area (Å²) in [6.45, 7) is 0. The molecule has 1 N–H and O–H groups in total. The molecule has 0 saturated heterocycles. The minimum absolute atomic E-state index is 0.868. The van der Waals surface area contributed by atoms with E-state index in [0.29, 0.717) is 0 Å². The van der Waals surface area contributed by atoms with Crippen LogP contribution in [0.25, 0.3) is 11.0 Å². The summed E-state index contributed by atoms with van der Waals surface area (Å²) in [5.74, 6) is 0. The summed E-state index contributed by atoms with van der Waals surface area (Å²) in [6, 6.07) is 7.90. The third-order valence-electron chi connectivity index (χ3n) is 2.61. The van der Waals surface area contributed by atoms with Crippen LogP contribution in [0.3, 0.4) is 0 Å². The van der Waals surface area contributed by atoms with Crippen molar-refractivity contribution < 1.29 is 0 Å². The van der Waals surface area contributed by atoms with Crippen LogP contribution in [0.15, 0.2) is 42.9 Å². The number of hydrogen-bond acceptors (Lipinski definition) is 2. The van der Waals surface area contributed by atoms with Crippen molar-refractivity contribution in [3.8, 4) is 0 Å². The first-order chi connectivity index (χ1) is 7.93. The van der Waals surface area contributed by atoms with E-state index in [1.54, 1.807) is 6.20 Å². The molecular formula is C13H10N3. The second-order valence-corrected chi connectivity index (χ2v) is 3.69. The standard InChI is InChI=1S/C13H10N3/c1-3-10(8-14-5-1)7-11-9-16-13-12(11)4-2-6-15-13/h1-4,6,8-9H,7H2,(H,15,16). The summed E-state index contributed by atoms with van der Waals surface area (Å²) in [7, 11) is 0. The summed E-state index contributed by atoms with van der Waals surface area (Å²) in [4.78, 5) is 11.4. The van der Waals surface area contributed by atoms with Crippen molar-refractivity contribution in [1.82, 2.24) is 15.0 Å². The molecule has 3 rings (SSSR count). The van der Waals surface area contributed by atoms with Gasteiger partial charge in [-0.3, -0.25) is 4.98 Å². The molecule has 3 aromatic heterocycles. The van der Waals surface area contributed by atoms with E-state index >= 15 is 0 Å². The van der Waals surface area contributed by atoms with Gasteiger partial charge >= 0.3 is 0 Å². The van der Waals surface area contributed by atoms with Crippen molar-refractivity contribution in [3.05, 3.63) is 60.2 Å². The normalized spacial score (nSPS) is 10.8. The second kappa shape index (κ2) is 3.77. The Morgan fingerprint density at radius 1 is 1.31 bits per heavy atom. The molecule has 77 valence electrons. The lowest BCUT2D eigenvalue weighted by Crippen LogP contribution is -1.87. The van der Waals surface area contributed by atoms with Gasteiger partial charge in [-0.2, -0.15) is 0 Å². The zero-order chi connectivity index (χ0) is 10.8. The Morgan fingerprint density at radius 3 is 3.19 bits per heavy atom. The van der Waals surface area contributed by atoms with Crippen LogP contribution in [-0.2, 0) is 6.42 Å². The summed E-state index contributed by atoms with van der Waals surface area (Å²) < 4.78 is 0. The quantitative estimate of drug-likeness (QED) is 0.702. The average molecular weight is 208 g/mol. The fraction of sp³-hybridized carbons (Fsp3) is 0.0769. The van der Waals surface area contributed by atoms with E-state index in [0.717, 1.165) is 12.1 Å². The summed E-state index contributed by atoms with van der Waals surface area (Å²) in [5, 5.41) is 1.18. The number of aromatic nitrogens is 3. The number of H-pyrrole nitrogens is 1. The average Bonchev–Trinajstić information content (AvgIpc) is 2.74. The Morgan fingerprint density at radius 2 is 2.31 bits per heavy atom. The van der Waals surface area contributed by atoms with Crippen molar-refractivity contribution in [3.63, 3.8) is 0 Å². The zero-order valence-corrected chi connectivity index (χ0v) is 8.64. The molecule has 0 amide bonds. The monoisotopic (exact) mass is 208 g/mol.